The van der Waals surface area contributed by atoms with Gasteiger partial charge in [0.05, 0.1) is 17.6 Å². The van der Waals surface area contributed by atoms with Crippen LogP contribution in [0.5, 0.6) is 0 Å². The van der Waals surface area contributed by atoms with Gasteiger partial charge in [0.25, 0.3) is 0 Å². The number of hydrogen-bond donors (Lipinski definition) is 0. The van der Waals surface area contributed by atoms with Gasteiger partial charge in [0.2, 0.25) is 10.0 Å². The predicted molar refractivity (Wildman–Crippen MR) is 85.3 cm³/mol. The van der Waals surface area contributed by atoms with Crippen LogP contribution in [0.25, 0.3) is 0 Å². The Morgan fingerprint density at radius 1 is 1.13 bits per heavy atom. The second-order valence-corrected chi connectivity index (χ2v) is 7.57. The van der Waals surface area contributed by atoms with Crippen LogP contribution < -0.4 is 0 Å². The first-order chi connectivity index (χ1) is 11.0. The molecule has 1 heterocycles. The molecule has 0 spiro atoms. The van der Waals surface area contributed by atoms with Gasteiger partial charge in [-0.1, -0.05) is 29.8 Å². The maximum Gasteiger partial charge on any atom is 0.243 e. The zero-order valence-corrected chi connectivity index (χ0v) is 13.7. The standard InChI is InChI=1S/C16H15ClFNO3S/c17-12-5-7-13(8-6-12)23(20,21)19-9-10-22-16(11-19)14-3-1-2-4-15(14)18/h1-8,16H,9-11H2. The largest absolute Gasteiger partial charge is 0.371 e. The minimum absolute atomic E-state index is 0.0753. The van der Waals surface area contributed by atoms with Gasteiger partial charge >= 0.3 is 0 Å². The molecule has 1 unspecified atom stereocenters. The quantitative estimate of drug-likeness (QED) is 0.849. The lowest BCUT2D eigenvalue weighted by Gasteiger charge is -2.32. The van der Waals surface area contributed by atoms with Crippen molar-refractivity contribution in [2.24, 2.45) is 0 Å². The molecule has 0 amide bonds. The van der Waals surface area contributed by atoms with Crippen LogP contribution in [0.2, 0.25) is 5.02 Å². The number of nitrogens with zero attached hydrogens (tertiary/aromatic N) is 1. The lowest BCUT2D eigenvalue weighted by Crippen LogP contribution is -2.42. The molecule has 122 valence electrons. The zero-order valence-electron chi connectivity index (χ0n) is 12.2. The second kappa shape index (κ2) is 6.57. The van der Waals surface area contributed by atoms with E-state index in [1.807, 2.05) is 0 Å². The van der Waals surface area contributed by atoms with Crippen molar-refractivity contribution in [2.75, 3.05) is 19.7 Å². The van der Waals surface area contributed by atoms with Crippen LogP contribution in [0.4, 0.5) is 4.39 Å². The Hall–Kier alpha value is -1.47. The number of hydrogen-bond acceptors (Lipinski definition) is 3. The SMILES string of the molecule is O=S(=O)(c1ccc(Cl)cc1)N1CCOC(c2ccccc2F)C1. The van der Waals surface area contributed by atoms with Crippen molar-refractivity contribution in [3.63, 3.8) is 0 Å². The highest BCUT2D eigenvalue weighted by Gasteiger charge is 2.32. The summed E-state index contributed by atoms with van der Waals surface area (Å²) < 4.78 is 46.2. The van der Waals surface area contributed by atoms with E-state index in [9.17, 15) is 12.8 Å². The van der Waals surface area contributed by atoms with E-state index in [-0.39, 0.29) is 24.6 Å². The van der Waals surface area contributed by atoms with Crippen molar-refractivity contribution < 1.29 is 17.5 Å². The van der Waals surface area contributed by atoms with Crippen LogP contribution in [-0.2, 0) is 14.8 Å². The molecule has 2 aromatic carbocycles. The maximum atomic E-state index is 13.9. The van der Waals surface area contributed by atoms with Crippen molar-refractivity contribution in [2.45, 2.75) is 11.0 Å². The first kappa shape index (κ1) is 16.4. The van der Waals surface area contributed by atoms with E-state index in [1.54, 1.807) is 18.2 Å². The molecule has 1 aliphatic heterocycles. The first-order valence-electron chi connectivity index (χ1n) is 7.10. The molecule has 3 rings (SSSR count). The lowest BCUT2D eigenvalue weighted by molar-refractivity contribution is -0.00442. The molecule has 1 fully saturated rings. The molecular weight excluding hydrogens is 341 g/mol. The molecule has 4 nitrogen and oxygen atoms in total. The molecule has 7 heteroatoms. The predicted octanol–water partition coefficient (Wildman–Crippen LogP) is 3.24. The number of ether oxygens (including phenoxy) is 1. The summed E-state index contributed by atoms with van der Waals surface area (Å²) in [5.41, 5.74) is 0.364. The molecule has 0 radical (unpaired) electrons. The van der Waals surface area contributed by atoms with E-state index < -0.39 is 21.9 Å². The molecule has 1 atom stereocenters. The molecule has 0 aromatic heterocycles. The van der Waals surface area contributed by atoms with E-state index in [0.29, 0.717) is 10.6 Å². The van der Waals surface area contributed by atoms with Gasteiger partial charge in [-0.15, -0.1) is 0 Å². The molecule has 0 N–H and O–H groups in total. The van der Waals surface area contributed by atoms with Crippen molar-refractivity contribution in [3.05, 3.63) is 64.9 Å². The Balaban J connectivity index is 1.86. The smallest absolute Gasteiger partial charge is 0.243 e. The van der Waals surface area contributed by atoms with Crippen molar-refractivity contribution in [3.8, 4) is 0 Å². The maximum absolute atomic E-state index is 13.9. The Labute approximate surface area is 139 Å². The molecule has 0 bridgehead atoms. The number of rotatable bonds is 3. The van der Waals surface area contributed by atoms with E-state index in [4.69, 9.17) is 16.3 Å². The number of sulfonamides is 1. The van der Waals surface area contributed by atoms with Gasteiger partial charge < -0.3 is 4.74 Å². The van der Waals surface area contributed by atoms with Crippen molar-refractivity contribution >= 4 is 21.6 Å². The van der Waals surface area contributed by atoms with Gasteiger partial charge in [0.1, 0.15) is 5.82 Å². The minimum Gasteiger partial charge on any atom is -0.371 e. The van der Waals surface area contributed by atoms with Crippen LogP contribution in [0, 0.1) is 5.82 Å². The van der Waals surface area contributed by atoms with E-state index in [1.165, 1.54) is 34.6 Å². The zero-order chi connectivity index (χ0) is 16.4. The molecule has 23 heavy (non-hydrogen) atoms. The van der Waals surface area contributed by atoms with Crippen LogP contribution in [0.15, 0.2) is 53.4 Å². The number of benzene rings is 2. The summed E-state index contributed by atoms with van der Waals surface area (Å²) in [6.07, 6.45) is -0.618. The Morgan fingerprint density at radius 2 is 1.83 bits per heavy atom. The molecule has 0 saturated carbocycles. The van der Waals surface area contributed by atoms with Crippen LogP contribution in [-0.4, -0.2) is 32.4 Å². The Bertz CT molecular complexity index is 795. The third-order valence-electron chi connectivity index (χ3n) is 3.73. The summed E-state index contributed by atoms with van der Waals surface area (Å²) in [4.78, 5) is 0.163. The minimum atomic E-state index is -3.66. The summed E-state index contributed by atoms with van der Waals surface area (Å²) in [6.45, 7) is 0.521. The average molecular weight is 356 g/mol. The van der Waals surface area contributed by atoms with Gasteiger partial charge in [-0.05, 0) is 30.3 Å². The Kier molecular flexibility index (Phi) is 4.68. The van der Waals surface area contributed by atoms with Crippen LogP contribution in [0.1, 0.15) is 11.7 Å². The average Bonchev–Trinajstić information content (AvgIpc) is 2.56. The second-order valence-electron chi connectivity index (χ2n) is 5.20. The summed E-state index contributed by atoms with van der Waals surface area (Å²) in [7, 11) is -3.66. The fourth-order valence-electron chi connectivity index (χ4n) is 2.52. The monoisotopic (exact) mass is 355 g/mol. The molecular formula is C16H15ClFNO3S. The number of halogens is 2. The van der Waals surface area contributed by atoms with Gasteiger partial charge in [-0.2, -0.15) is 4.31 Å². The molecule has 2 aromatic rings. The van der Waals surface area contributed by atoms with Crippen molar-refractivity contribution in [1.82, 2.24) is 4.31 Å². The summed E-state index contributed by atoms with van der Waals surface area (Å²) in [5.74, 6) is -0.400. The fraction of sp³-hybridized carbons (Fsp3) is 0.250. The highest BCUT2D eigenvalue weighted by Crippen LogP contribution is 2.28. The number of morpholine rings is 1. The molecule has 0 aliphatic carbocycles. The highest BCUT2D eigenvalue weighted by atomic mass is 35.5. The highest BCUT2D eigenvalue weighted by molar-refractivity contribution is 7.89. The van der Waals surface area contributed by atoms with E-state index in [0.717, 1.165) is 0 Å². The lowest BCUT2D eigenvalue weighted by atomic mass is 10.1. The summed E-state index contributed by atoms with van der Waals surface area (Å²) >= 11 is 5.80. The topological polar surface area (TPSA) is 46.6 Å². The molecule has 1 aliphatic rings. The van der Waals surface area contributed by atoms with Gasteiger partial charge in [-0.3, -0.25) is 0 Å². The molecule has 1 saturated heterocycles. The summed E-state index contributed by atoms with van der Waals surface area (Å²) in [5, 5.41) is 0.468. The normalized spacial score (nSPS) is 19.7. The van der Waals surface area contributed by atoms with E-state index in [2.05, 4.69) is 0 Å². The van der Waals surface area contributed by atoms with Gasteiger partial charge in [0, 0.05) is 23.7 Å². The Morgan fingerprint density at radius 3 is 2.52 bits per heavy atom. The van der Waals surface area contributed by atoms with Gasteiger partial charge in [0.15, 0.2) is 0 Å². The fourth-order valence-corrected chi connectivity index (χ4v) is 4.07. The third kappa shape index (κ3) is 3.40. The van der Waals surface area contributed by atoms with Crippen LogP contribution in [0.3, 0.4) is 0 Å². The van der Waals surface area contributed by atoms with E-state index >= 15 is 0 Å². The third-order valence-corrected chi connectivity index (χ3v) is 5.86. The first-order valence-corrected chi connectivity index (χ1v) is 8.92. The summed E-state index contributed by atoms with van der Waals surface area (Å²) in [6, 6.07) is 12.2. The van der Waals surface area contributed by atoms with Crippen LogP contribution >= 0.6 is 11.6 Å². The van der Waals surface area contributed by atoms with Crippen molar-refractivity contribution in [1.29, 1.82) is 0 Å². The van der Waals surface area contributed by atoms with Gasteiger partial charge in [-0.25, -0.2) is 12.8 Å².